The van der Waals surface area contributed by atoms with E-state index in [1.54, 1.807) is 60.7 Å². The molecule has 0 amide bonds. The molecule has 136 heavy (non-hydrogen) atoms. The van der Waals surface area contributed by atoms with E-state index in [1.807, 2.05) is 97.1 Å². The van der Waals surface area contributed by atoms with Crippen molar-refractivity contribution in [2.24, 2.45) is 5.92 Å². The van der Waals surface area contributed by atoms with Crippen molar-refractivity contribution in [1.29, 1.82) is 0 Å². The zero-order valence-electron chi connectivity index (χ0n) is 82.6. The minimum atomic E-state index is -3.29. The summed E-state index contributed by atoms with van der Waals surface area (Å²) in [4.78, 5) is 22.3. The Morgan fingerprint density at radius 1 is 0.412 bits per heavy atom. The lowest BCUT2D eigenvalue weighted by atomic mass is 9.84. The Bertz CT molecular complexity index is 5790. The van der Waals surface area contributed by atoms with Crippen LogP contribution in [0.4, 0.5) is 0 Å². The van der Waals surface area contributed by atoms with E-state index in [0.29, 0.717) is 79.7 Å². The van der Waals surface area contributed by atoms with Crippen molar-refractivity contribution in [2.75, 3.05) is 161 Å². The Morgan fingerprint density at radius 2 is 0.816 bits per heavy atom. The zero-order valence-corrected chi connectivity index (χ0v) is 88.3. The summed E-state index contributed by atoms with van der Waals surface area (Å²) in [7, 11) is -17.2. The molecule has 0 aliphatic carbocycles. The summed E-state index contributed by atoms with van der Waals surface area (Å²) in [5, 5.41) is 21.1. The molecule has 22 nitrogen and oxygen atoms in total. The molecule has 6 fully saturated rings. The lowest BCUT2D eigenvalue weighted by Crippen LogP contribution is -2.43. The standard InChI is InChI=1S/C30H44N2O4S2.C29H35NO4S2.C18H29NO2S.2C15H23NO3S/c1-3-16-32-19-14-26(15-20-32)27-8-6-10-29(23-27)35-36-37-21-4-5-22-38(33,34)30-11-7-9-28(24-30)25-12-17-31(2)18-13-25;1-22-8-4-5-13-28(22)29(25-10-7-12-27(21-25)36(3,33)34)16-19-30-17-14-23(15-18-30)24-9-6-11-26(20-24)35(2,31)32;1-4-6-15(2)14-19-11-9-16(10-12-19)17-7-5-8-18(13-17)22(3,20)21;1-3-9-16-10-7-15(17,8-11-16)13-5-4-6-14(12-13)20(2,18)19;1-3-8-16-9-7-14(15(17)11-16)12-5-4-6-13(10-12)20(2,18)19/h6-11,23-26H,3-5,12-22H2,1-2H3;4-13,20-21,23,29H,14-19H2,1-3H3;5,7-8,13,15-16H,4,6,9-12,14H2,1-3H3;4-6,12,17H,3,7-11H2,1-2H3;4-6,10,14-15,17H,3,7-9,11H2,1-2H3/t;;;;14-,15-/m....0/s1. The SMILES string of the molecule is CCCC(C)CN1CCC(c2cccc(S(C)(=O)=O)c2)CC1.CCCN1CCC(O)(c2cccc(S(C)(=O)=O)c2)CC1.CCCN1CCC(c2cccc(OOSCCCCS(=O)(=O)c3cccc(C4CCN(C)CC4)c3)c2)CC1.CCCN1CC[C@@H](c2cccc(S(C)(=O)=O)c2)[C@@H](O)C1.Cc1ccccc1C(CCN1CCC(c2cccc(S(C)(=O)=O)c2)CC1)c1cccc(S(C)(=O)=O)c1. The van der Waals surface area contributed by atoms with Crippen LogP contribution in [-0.2, 0) is 69.0 Å². The molecule has 0 aromatic heterocycles. The van der Waals surface area contributed by atoms with Gasteiger partial charge in [0, 0.05) is 87.1 Å². The molecule has 14 rings (SSSR count). The first kappa shape index (κ1) is 111. The maximum Gasteiger partial charge on any atom is 0.178 e. The summed E-state index contributed by atoms with van der Waals surface area (Å²) in [6, 6.07) is 60.2. The third-order valence-corrected chi connectivity index (χ3v) is 35.9. The summed E-state index contributed by atoms with van der Waals surface area (Å²) in [5.74, 6) is 4.36. The molecule has 750 valence electrons. The fraction of sp³-hybridized carbons (Fsp3) is 0.551. The number of unbranched alkanes of at least 4 members (excludes halogenated alkanes) is 1. The third kappa shape index (κ3) is 34.8. The van der Waals surface area contributed by atoms with E-state index in [9.17, 15) is 60.7 Å². The van der Waals surface area contributed by atoms with Crippen LogP contribution in [0.25, 0.3) is 0 Å². The van der Waals surface area contributed by atoms with Gasteiger partial charge >= 0.3 is 0 Å². The number of likely N-dealkylation sites (tertiary alicyclic amines) is 6. The zero-order chi connectivity index (χ0) is 98.4. The first-order valence-electron chi connectivity index (χ1n) is 49.3. The highest BCUT2D eigenvalue weighted by Crippen LogP contribution is 2.40. The molecule has 0 saturated carbocycles. The number of hydrogen-bond acceptors (Lipinski definition) is 23. The monoisotopic (exact) mass is 2000 g/mol. The molecule has 2 unspecified atom stereocenters. The Kier molecular flexibility index (Phi) is 43.2. The van der Waals surface area contributed by atoms with Crippen molar-refractivity contribution >= 4 is 71.1 Å². The Labute approximate surface area is 821 Å². The molecule has 0 bridgehead atoms. The van der Waals surface area contributed by atoms with Gasteiger partial charge in [-0.05, 0) is 379 Å². The van der Waals surface area contributed by atoms with Gasteiger partial charge < -0.3 is 44.5 Å². The Hall–Kier alpha value is -6.75. The van der Waals surface area contributed by atoms with Gasteiger partial charge in [0.15, 0.2) is 64.8 Å². The molecule has 6 saturated heterocycles. The smallest absolute Gasteiger partial charge is 0.178 e. The number of aliphatic hydroxyl groups excluding tert-OH is 1. The third-order valence-electron chi connectivity index (χ3n) is 27.9. The molecule has 6 aliphatic rings. The van der Waals surface area contributed by atoms with Crippen molar-refractivity contribution in [1.82, 2.24) is 29.4 Å². The normalized spacial score (nSPS) is 19.3. The number of piperidine rings is 6. The number of sulfone groups is 6. The van der Waals surface area contributed by atoms with Gasteiger partial charge in [0.1, 0.15) is 0 Å². The predicted molar refractivity (Wildman–Crippen MR) is 553 cm³/mol. The minimum Gasteiger partial charge on any atom is -0.391 e. The van der Waals surface area contributed by atoms with Crippen molar-refractivity contribution in [3.63, 3.8) is 0 Å². The second kappa shape index (κ2) is 52.8. The van der Waals surface area contributed by atoms with Gasteiger partial charge in [0.05, 0.1) is 46.8 Å². The second-order valence-electron chi connectivity index (χ2n) is 38.9. The maximum absolute atomic E-state index is 12.9. The molecular formula is C107H154N6O16S7. The molecule has 8 aromatic carbocycles. The molecule has 6 heterocycles. The van der Waals surface area contributed by atoms with E-state index in [0.717, 1.165) is 202 Å². The number of nitrogens with zero attached hydrogens (tertiary/aromatic N) is 6. The van der Waals surface area contributed by atoms with Crippen LogP contribution in [0.2, 0.25) is 0 Å². The highest BCUT2D eigenvalue weighted by atomic mass is 32.2. The van der Waals surface area contributed by atoms with Crippen LogP contribution in [0.1, 0.15) is 242 Å². The summed E-state index contributed by atoms with van der Waals surface area (Å²) >= 11 is 1.24. The summed E-state index contributed by atoms with van der Waals surface area (Å²) in [6.45, 7) is 30.5. The van der Waals surface area contributed by atoms with Crippen molar-refractivity contribution < 1.29 is 69.9 Å². The van der Waals surface area contributed by atoms with E-state index in [2.05, 4.69) is 114 Å². The van der Waals surface area contributed by atoms with Crippen LogP contribution in [0.3, 0.4) is 0 Å². The fourth-order valence-corrected chi connectivity index (χ4v) is 25.3. The van der Waals surface area contributed by atoms with Gasteiger partial charge in [-0.3, -0.25) is 0 Å². The Balaban J connectivity index is 0.000000181. The van der Waals surface area contributed by atoms with Gasteiger partial charge in [-0.25, -0.2) is 50.5 Å². The number of benzene rings is 8. The Morgan fingerprint density at radius 3 is 1.31 bits per heavy atom. The van der Waals surface area contributed by atoms with Crippen LogP contribution in [0.15, 0.2) is 223 Å². The average molecular weight is 2000 g/mol. The minimum absolute atomic E-state index is 0.0322. The van der Waals surface area contributed by atoms with Gasteiger partial charge in [0.2, 0.25) is 0 Å². The summed E-state index contributed by atoms with van der Waals surface area (Å²) in [6.07, 6.45) is 25.0. The van der Waals surface area contributed by atoms with Crippen molar-refractivity contribution in [3.05, 3.63) is 244 Å². The number of aryl methyl sites for hydroxylation is 1. The first-order valence-corrected chi connectivity index (χ1v) is 61.3. The van der Waals surface area contributed by atoms with Crippen molar-refractivity contribution in [2.45, 2.75) is 240 Å². The molecule has 29 heteroatoms. The molecule has 2 N–H and O–H groups in total. The lowest BCUT2D eigenvalue weighted by Gasteiger charge is -2.38. The topological polar surface area (TPSA) is 283 Å². The molecule has 0 spiro atoms. The summed E-state index contributed by atoms with van der Waals surface area (Å²) in [5.41, 5.74) is 8.98. The van der Waals surface area contributed by atoms with Crippen LogP contribution in [0, 0.1) is 12.8 Å². The maximum atomic E-state index is 12.9. The van der Waals surface area contributed by atoms with Crippen LogP contribution in [-0.4, -0.2) is 257 Å². The molecule has 6 aliphatic heterocycles. The molecular weight excluding hydrogens is 1850 g/mol. The van der Waals surface area contributed by atoms with Crippen LogP contribution >= 0.6 is 12.0 Å². The molecule has 4 atom stereocenters. The van der Waals surface area contributed by atoms with E-state index < -0.39 is 70.7 Å². The first-order chi connectivity index (χ1) is 64.6. The largest absolute Gasteiger partial charge is 0.391 e. The van der Waals surface area contributed by atoms with Crippen LogP contribution < -0.4 is 4.89 Å². The number of rotatable bonds is 35. The number of β-amino-alcohol motifs (C(OH)–C–C–N with tert-alkyl or cyclic N) is 1. The van der Waals surface area contributed by atoms with E-state index >= 15 is 0 Å². The molecule has 8 aromatic rings. The highest BCUT2D eigenvalue weighted by molar-refractivity contribution is 7.94. The van der Waals surface area contributed by atoms with Gasteiger partial charge in [-0.1, -0.05) is 150 Å². The highest BCUT2D eigenvalue weighted by Gasteiger charge is 2.36. The van der Waals surface area contributed by atoms with E-state index in [-0.39, 0.29) is 22.5 Å². The predicted octanol–water partition coefficient (Wildman–Crippen LogP) is 18.6. The quantitative estimate of drug-likeness (QED) is 0.0161. The number of hydrogen-bond donors (Lipinski definition) is 2. The van der Waals surface area contributed by atoms with E-state index in [4.69, 9.17) is 9.22 Å². The summed E-state index contributed by atoms with van der Waals surface area (Å²) < 4.78 is 149. The van der Waals surface area contributed by atoms with Gasteiger partial charge in [0.25, 0.3) is 0 Å². The molecule has 0 radical (unpaired) electrons. The van der Waals surface area contributed by atoms with Gasteiger partial charge in [-0.15, -0.1) is 4.33 Å². The number of aliphatic hydroxyl groups is 2. The van der Waals surface area contributed by atoms with Crippen LogP contribution in [0.5, 0.6) is 5.75 Å². The van der Waals surface area contributed by atoms with E-state index in [1.165, 1.54) is 111 Å². The average Bonchev–Trinajstić information content (AvgIpc) is 0.797. The lowest BCUT2D eigenvalue weighted by molar-refractivity contribution is -0.0777. The van der Waals surface area contributed by atoms with Crippen molar-refractivity contribution in [3.8, 4) is 5.75 Å². The van der Waals surface area contributed by atoms with Gasteiger partial charge in [-0.2, -0.15) is 0 Å². The second-order valence-corrected chi connectivity index (χ2v) is 51.9. The fourth-order valence-electron chi connectivity index (χ4n) is 20.0.